The van der Waals surface area contributed by atoms with Gasteiger partial charge >= 0.3 is 0 Å². The second-order valence-corrected chi connectivity index (χ2v) is 1.48. The molecule has 0 saturated heterocycles. The Hall–Kier alpha value is -1.06. The largest absolute Gasteiger partial charge is 0.411 e. The molecule has 0 bridgehead atoms. The molecule has 8 heavy (non-hydrogen) atoms. The van der Waals surface area contributed by atoms with E-state index in [0.717, 1.165) is 6.21 Å². The minimum atomic E-state index is -0.326. The van der Waals surface area contributed by atoms with Gasteiger partial charge in [0, 0.05) is 14.1 Å². The summed E-state index contributed by atoms with van der Waals surface area (Å²) in [7, 11) is 3.15. The quantitative estimate of drug-likeness (QED) is 0.286. The zero-order chi connectivity index (χ0) is 6.57. The van der Waals surface area contributed by atoms with Gasteiger partial charge in [0.05, 0.1) is 0 Å². The van der Waals surface area contributed by atoms with Gasteiger partial charge in [0.1, 0.15) is 6.21 Å². The SMILES string of the molecule is CN(C)C(=O)/C=N/O. The van der Waals surface area contributed by atoms with Crippen LogP contribution in [0.1, 0.15) is 0 Å². The van der Waals surface area contributed by atoms with Crippen molar-refractivity contribution in [3.8, 4) is 0 Å². The molecule has 0 spiro atoms. The molecular formula is C4H8N2O2. The number of oxime groups is 1. The van der Waals surface area contributed by atoms with Crippen molar-refractivity contribution >= 4 is 12.1 Å². The van der Waals surface area contributed by atoms with E-state index in [-0.39, 0.29) is 5.91 Å². The van der Waals surface area contributed by atoms with Gasteiger partial charge in [0.25, 0.3) is 5.91 Å². The van der Waals surface area contributed by atoms with Gasteiger partial charge in [-0.3, -0.25) is 4.79 Å². The van der Waals surface area contributed by atoms with Crippen LogP contribution in [0, 0.1) is 0 Å². The molecule has 4 nitrogen and oxygen atoms in total. The van der Waals surface area contributed by atoms with Gasteiger partial charge in [-0.1, -0.05) is 5.16 Å². The maximum absolute atomic E-state index is 10.4. The second kappa shape index (κ2) is 3.01. The summed E-state index contributed by atoms with van der Waals surface area (Å²) in [6.45, 7) is 0. The fourth-order valence-electron chi connectivity index (χ4n) is 0.165. The number of carbonyl (C=O) groups excluding carboxylic acids is 1. The van der Waals surface area contributed by atoms with Crippen LogP contribution in [-0.2, 0) is 4.79 Å². The number of hydrogen-bond acceptors (Lipinski definition) is 3. The zero-order valence-corrected chi connectivity index (χ0v) is 4.83. The van der Waals surface area contributed by atoms with Crippen LogP contribution in [0.3, 0.4) is 0 Å². The molecule has 0 aliphatic heterocycles. The number of nitrogens with zero attached hydrogens (tertiary/aromatic N) is 2. The lowest BCUT2D eigenvalue weighted by Gasteiger charge is -2.02. The number of amides is 1. The van der Waals surface area contributed by atoms with E-state index >= 15 is 0 Å². The lowest BCUT2D eigenvalue weighted by atomic mass is 10.6. The van der Waals surface area contributed by atoms with E-state index in [1.54, 1.807) is 14.1 Å². The third-order valence-electron chi connectivity index (χ3n) is 0.609. The summed E-state index contributed by atoms with van der Waals surface area (Å²) < 4.78 is 0. The van der Waals surface area contributed by atoms with E-state index < -0.39 is 0 Å². The lowest BCUT2D eigenvalue weighted by Crippen LogP contribution is -2.22. The first-order chi connectivity index (χ1) is 3.68. The van der Waals surface area contributed by atoms with Crippen LogP contribution in [0.4, 0.5) is 0 Å². The first-order valence-corrected chi connectivity index (χ1v) is 2.07. The van der Waals surface area contributed by atoms with Crippen molar-refractivity contribution in [2.75, 3.05) is 14.1 Å². The summed E-state index contributed by atoms with van der Waals surface area (Å²) in [5.74, 6) is -0.326. The smallest absolute Gasteiger partial charge is 0.267 e. The molecule has 0 aromatic heterocycles. The molecule has 1 amide bonds. The van der Waals surface area contributed by atoms with E-state index in [1.165, 1.54) is 4.90 Å². The van der Waals surface area contributed by atoms with Crippen molar-refractivity contribution in [2.45, 2.75) is 0 Å². The van der Waals surface area contributed by atoms with E-state index in [4.69, 9.17) is 5.21 Å². The van der Waals surface area contributed by atoms with Crippen LogP contribution in [-0.4, -0.2) is 36.3 Å². The van der Waals surface area contributed by atoms with Gasteiger partial charge in [-0.15, -0.1) is 0 Å². The molecule has 0 rings (SSSR count). The second-order valence-electron chi connectivity index (χ2n) is 1.48. The van der Waals surface area contributed by atoms with Crippen LogP contribution in [0.15, 0.2) is 5.16 Å². The fraction of sp³-hybridized carbons (Fsp3) is 0.500. The van der Waals surface area contributed by atoms with Crippen molar-refractivity contribution in [3.63, 3.8) is 0 Å². The molecule has 1 N–H and O–H groups in total. The molecule has 0 aromatic rings. The molecule has 4 heteroatoms. The van der Waals surface area contributed by atoms with Crippen molar-refractivity contribution in [3.05, 3.63) is 0 Å². The molecule has 0 aliphatic rings. The van der Waals surface area contributed by atoms with Crippen molar-refractivity contribution in [1.82, 2.24) is 4.90 Å². The number of hydrogen-bond donors (Lipinski definition) is 1. The highest BCUT2D eigenvalue weighted by atomic mass is 16.4. The average molecular weight is 116 g/mol. The maximum Gasteiger partial charge on any atom is 0.267 e. The molecule has 0 heterocycles. The van der Waals surface area contributed by atoms with Crippen molar-refractivity contribution in [1.29, 1.82) is 0 Å². The normalized spacial score (nSPS) is 9.75. The van der Waals surface area contributed by atoms with Crippen LogP contribution in [0.25, 0.3) is 0 Å². The first kappa shape index (κ1) is 6.94. The summed E-state index contributed by atoms with van der Waals surface area (Å²) in [5.41, 5.74) is 0. The van der Waals surface area contributed by atoms with E-state index in [0.29, 0.717) is 0 Å². The van der Waals surface area contributed by atoms with Gasteiger partial charge in [-0.25, -0.2) is 0 Å². The zero-order valence-electron chi connectivity index (χ0n) is 4.83. The minimum absolute atomic E-state index is 0.326. The molecule has 0 saturated carbocycles. The Morgan fingerprint density at radius 1 is 1.75 bits per heavy atom. The van der Waals surface area contributed by atoms with Crippen molar-refractivity contribution < 1.29 is 10.0 Å². The van der Waals surface area contributed by atoms with Gasteiger partial charge < -0.3 is 10.1 Å². The third kappa shape index (κ3) is 2.17. The van der Waals surface area contributed by atoms with Crippen LogP contribution < -0.4 is 0 Å². The van der Waals surface area contributed by atoms with Crippen LogP contribution in [0.2, 0.25) is 0 Å². The predicted octanol–water partition coefficient (Wildman–Crippen LogP) is -0.465. The van der Waals surface area contributed by atoms with Gasteiger partial charge in [-0.05, 0) is 0 Å². The summed E-state index contributed by atoms with van der Waals surface area (Å²) in [5, 5.41) is 10.3. The topological polar surface area (TPSA) is 52.9 Å². The van der Waals surface area contributed by atoms with E-state index in [1.807, 2.05) is 0 Å². The third-order valence-corrected chi connectivity index (χ3v) is 0.609. The number of rotatable bonds is 1. The van der Waals surface area contributed by atoms with Gasteiger partial charge in [0.15, 0.2) is 0 Å². The Balaban J connectivity index is 3.66. The molecule has 0 aromatic carbocycles. The highest BCUT2D eigenvalue weighted by Gasteiger charge is 1.95. The summed E-state index contributed by atoms with van der Waals surface area (Å²) >= 11 is 0. The molecule has 0 fully saturated rings. The fourth-order valence-corrected chi connectivity index (χ4v) is 0.165. The molecule has 0 atom stereocenters. The van der Waals surface area contributed by atoms with Gasteiger partial charge in [-0.2, -0.15) is 0 Å². The lowest BCUT2D eigenvalue weighted by molar-refractivity contribution is -0.121. The highest BCUT2D eigenvalue weighted by molar-refractivity contribution is 6.25. The predicted molar refractivity (Wildman–Crippen MR) is 29.0 cm³/mol. The van der Waals surface area contributed by atoms with E-state index in [9.17, 15) is 4.79 Å². The minimum Gasteiger partial charge on any atom is -0.411 e. The Kier molecular flexibility index (Phi) is 2.61. The van der Waals surface area contributed by atoms with Gasteiger partial charge in [0.2, 0.25) is 0 Å². The van der Waals surface area contributed by atoms with Crippen molar-refractivity contribution in [2.24, 2.45) is 5.16 Å². The molecule has 0 radical (unpaired) electrons. The number of carbonyl (C=O) groups is 1. The summed E-state index contributed by atoms with van der Waals surface area (Å²) in [6.07, 6.45) is 0.833. The Morgan fingerprint density at radius 3 is 2.38 bits per heavy atom. The maximum atomic E-state index is 10.4. The Morgan fingerprint density at radius 2 is 2.25 bits per heavy atom. The molecule has 46 valence electrons. The Labute approximate surface area is 47.4 Å². The molecule has 0 unspecified atom stereocenters. The first-order valence-electron chi connectivity index (χ1n) is 2.07. The highest BCUT2D eigenvalue weighted by Crippen LogP contribution is 1.70. The summed E-state index contributed by atoms with van der Waals surface area (Å²) in [6, 6.07) is 0. The van der Waals surface area contributed by atoms with Crippen LogP contribution >= 0.6 is 0 Å². The molecule has 0 aliphatic carbocycles. The van der Waals surface area contributed by atoms with E-state index in [2.05, 4.69) is 5.16 Å². The summed E-state index contributed by atoms with van der Waals surface area (Å²) in [4.78, 5) is 11.7. The monoisotopic (exact) mass is 116 g/mol. The average Bonchev–Trinajstić information content (AvgIpc) is 1.67. The van der Waals surface area contributed by atoms with Crippen LogP contribution in [0.5, 0.6) is 0 Å². The standard InChI is InChI=1S/C4H8N2O2/c1-6(2)4(7)3-5-8/h3,8H,1-2H3/b5-3+. The molecular weight excluding hydrogens is 108 g/mol. The Bertz CT molecular complexity index is 109.